The van der Waals surface area contributed by atoms with Gasteiger partial charge >= 0.3 is 12.1 Å². The van der Waals surface area contributed by atoms with Crippen LogP contribution < -0.4 is 4.74 Å². The first kappa shape index (κ1) is 21.4. The van der Waals surface area contributed by atoms with E-state index in [1.165, 1.54) is 30.5 Å². The summed E-state index contributed by atoms with van der Waals surface area (Å²) in [5, 5.41) is 8.00. The van der Waals surface area contributed by atoms with Gasteiger partial charge in [-0.15, -0.1) is 10.2 Å². The van der Waals surface area contributed by atoms with Gasteiger partial charge in [0.2, 0.25) is 5.88 Å². The Hall–Kier alpha value is -3.27. The van der Waals surface area contributed by atoms with Crippen molar-refractivity contribution in [2.24, 2.45) is 0 Å². The number of esters is 1. The third-order valence-corrected chi connectivity index (χ3v) is 3.92. The molecule has 0 amide bonds. The molecule has 0 atom stereocenters. The van der Waals surface area contributed by atoms with Gasteiger partial charge in [0.1, 0.15) is 16.6 Å². The average molecular weight is 439 g/mol. The predicted molar refractivity (Wildman–Crippen MR) is 99.9 cm³/mol. The molecule has 156 valence electrons. The number of aromatic nitrogens is 4. The van der Waals surface area contributed by atoms with Gasteiger partial charge in [0.25, 0.3) is 0 Å². The fourth-order valence-electron chi connectivity index (χ4n) is 2.37. The minimum absolute atomic E-state index is 0.0547. The summed E-state index contributed by atoms with van der Waals surface area (Å²) >= 11 is 5.75. The monoisotopic (exact) mass is 438 g/mol. The summed E-state index contributed by atoms with van der Waals surface area (Å²) < 4.78 is 49.6. The molecule has 0 aliphatic rings. The summed E-state index contributed by atoms with van der Waals surface area (Å²) in [5.74, 6) is -0.570. The van der Waals surface area contributed by atoms with Gasteiger partial charge in [0.05, 0.1) is 24.8 Å². The van der Waals surface area contributed by atoms with Gasteiger partial charge in [-0.1, -0.05) is 23.7 Å². The number of hydrogen-bond acceptors (Lipinski definition) is 7. The first-order valence-electron chi connectivity index (χ1n) is 8.62. The number of rotatable bonds is 6. The maximum atomic E-state index is 13.0. The fraction of sp³-hybridized carbons (Fsp3) is 0.211. The van der Waals surface area contributed by atoms with Crippen molar-refractivity contribution in [3.63, 3.8) is 0 Å². The lowest BCUT2D eigenvalue weighted by atomic mass is 10.1. The highest BCUT2D eigenvalue weighted by atomic mass is 35.5. The van der Waals surface area contributed by atoms with E-state index in [9.17, 15) is 18.0 Å². The molecule has 0 saturated carbocycles. The van der Waals surface area contributed by atoms with Crippen LogP contribution in [0.5, 0.6) is 11.6 Å². The van der Waals surface area contributed by atoms with Crippen LogP contribution in [0.1, 0.15) is 18.2 Å². The normalized spacial score (nSPS) is 11.2. The third kappa shape index (κ3) is 5.41. The van der Waals surface area contributed by atoms with E-state index in [-0.39, 0.29) is 46.9 Å². The van der Waals surface area contributed by atoms with E-state index in [1.807, 2.05) is 0 Å². The second-order valence-corrected chi connectivity index (χ2v) is 6.25. The minimum atomic E-state index is -4.53. The molecule has 0 spiro atoms. The van der Waals surface area contributed by atoms with Crippen molar-refractivity contribution in [1.29, 1.82) is 0 Å². The van der Waals surface area contributed by atoms with Crippen molar-refractivity contribution in [3.8, 4) is 23.0 Å². The summed E-state index contributed by atoms with van der Waals surface area (Å²) in [7, 11) is 0. The van der Waals surface area contributed by atoms with Crippen LogP contribution in [0.4, 0.5) is 13.2 Å². The van der Waals surface area contributed by atoms with Gasteiger partial charge in [-0.25, -0.2) is 4.98 Å². The van der Waals surface area contributed by atoms with Crippen LogP contribution in [0.2, 0.25) is 5.15 Å². The lowest BCUT2D eigenvalue weighted by molar-refractivity contribution is -0.142. The van der Waals surface area contributed by atoms with Gasteiger partial charge < -0.3 is 9.47 Å². The Bertz CT molecular complexity index is 1050. The number of hydrogen-bond donors (Lipinski definition) is 0. The molecule has 0 fully saturated rings. The van der Waals surface area contributed by atoms with E-state index < -0.39 is 17.7 Å². The van der Waals surface area contributed by atoms with Crippen LogP contribution in [-0.4, -0.2) is 32.7 Å². The van der Waals surface area contributed by atoms with E-state index in [0.29, 0.717) is 0 Å². The van der Waals surface area contributed by atoms with Crippen LogP contribution in [0.15, 0.2) is 42.6 Å². The Balaban J connectivity index is 2.00. The Kier molecular flexibility index (Phi) is 6.46. The molecule has 1 aromatic carbocycles. The number of pyridine rings is 1. The SMILES string of the molecule is CCOC(=O)Cc1nnc(-c2cccc(C(F)(F)F)c2)nc1Oc1ccc(Cl)nc1. The number of ether oxygens (including phenoxy) is 2. The molecule has 0 N–H and O–H groups in total. The molecule has 0 bridgehead atoms. The second-order valence-electron chi connectivity index (χ2n) is 5.87. The van der Waals surface area contributed by atoms with Gasteiger partial charge in [-0.2, -0.15) is 18.2 Å². The maximum Gasteiger partial charge on any atom is 0.416 e. The first-order chi connectivity index (χ1) is 14.3. The smallest absolute Gasteiger partial charge is 0.416 e. The Morgan fingerprint density at radius 2 is 1.97 bits per heavy atom. The molecular formula is C19H14ClF3N4O3. The van der Waals surface area contributed by atoms with Crippen molar-refractivity contribution >= 4 is 17.6 Å². The molecule has 2 heterocycles. The molecule has 30 heavy (non-hydrogen) atoms. The second kappa shape index (κ2) is 9.04. The minimum Gasteiger partial charge on any atom is -0.466 e. The van der Waals surface area contributed by atoms with Crippen LogP contribution >= 0.6 is 11.6 Å². The summed E-state index contributed by atoms with van der Waals surface area (Å²) in [4.78, 5) is 19.9. The third-order valence-electron chi connectivity index (χ3n) is 3.70. The molecule has 11 heteroatoms. The number of carbonyl (C=O) groups is 1. The Morgan fingerprint density at radius 3 is 2.63 bits per heavy atom. The van der Waals surface area contributed by atoms with Crippen LogP contribution in [0.25, 0.3) is 11.4 Å². The van der Waals surface area contributed by atoms with E-state index >= 15 is 0 Å². The van der Waals surface area contributed by atoms with E-state index in [2.05, 4.69) is 20.2 Å². The molecule has 0 unspecified atom stereocenters. The quantitative estimate of drug-likeness (QED) is 0.413. The van der Waals surface area contributed by atoms with Crippen molar-refractivity contribution in [2.75, 3.05) is 6.61 Å². The van der Waals surface area contributed by atoms with Crippen LogP contribution in [-0.2, 0) is 22.1 Å². The summed E-state index contributed by atoms with van der Waals surface area (Å²) in [6.45, 7) is 1.81. The van der Waals surface area contributed by atoms with Crippen LogP contribution in [0.3, 0.4) is 0 Å². The van der Waals surface area contributed by atoms with E-state index in [0.717, 1.165) is 12.1 Å². The predicted octanol–water partition coefficient (Wildman–Crippen LogP) is 4.50. The average Bonchev–Trinajstić information content (AvgIpc) is 2.70. The zero-order valence-corrected chi connectivity index (χ0v) is 16.2. The highest BCUT2D eigenvalue weighted by molar-refractivity contribution is 6.29. The standard InChI is InChI=1S/C19H14ClF3N4O3/c1-2-29-16(28)9-14-18(30-13-6-7-15(20)24-10-13)25-17(27-26-14)11-4-3-5-12(8-11)19(21,22)23/h3-8,10H,2,9H2,1H3. The number of alkyl halides is 3. The van der Waals surface area contributed by atoms with Crippen molar-refractivity contribution in [3.05, 3.63) is 59.0 Å². The lowest BCUT2D eigenvalue weighted by Crippen LogP contribution is -2.12. The summed E-state index contributed by atoms with van der Waals surface area (Å²) in [6, 6.07) is 7.46. The van der Waals surface area contributed by atoms with Crippen molar-refractivity contribution < 1.29 is 27.4 Å². The van der Waals surface area contributed by atoms with Crippen molar-refractivity contribution in [1.82, 2.24) is 20.2 Å². The molecule has 0 aliphatic carbocycles. The zero-order chi connectivity index (χ0) is 21.7. The van der Waals surface area contributed by atoms with E-state index in [1.54, 1.807) is 6.92 Å². The van der Waals surface area contributed by atoms with Gasteiger partial charge in [0.15, 0.2) is 5.82 Å². The lowest BCUT2D eigenvalue weighted by Gasteiger charge is -2.11. The number of nitrogens with zero attached hydrogens (tertiary/aromatic N) is 4. The molecular weight excluding hydrogens is 425 g/mol. The Labute approximate surface area is 173 Å². The number of halogens is 4. The van der Waals surface area contributed by atoms with E-state index in [4.69, 9.17) is 21.1 Å². The maximum absolute atomic E-state index is 13.0. The molecule has 0 radical (unpaired) electrons. The van der Waals surface area contributed by atoms with Gasteiger partial charge in [-0.3, -0.25) is 4.79 Å². The summed E-state index contributed by atoms with van der Waals surface area (Å²) in [5.41, 5.74) is -0.721. The number of carbonyl (C=O) groups excluding carboxylic acids is 1. The first-order valence-corrected chi connectivity index (χ1v) is 9.00. The topological polar surface area (TPSA) is 87.1 Å². The highest BCUT2D eigenvalue weighted by Gasteiger charge is 2.30. The summed E-state index contributed by atoms with van der Waals surface area (Å²) in [6.07, 6.45) is -3.49. The fourth-order valence-corrected chi connectivity index (χ4v) is 2.48. The molecule has 2 aromatic heterocycles. The van der Waals surface area contributed by atoms with Gasteiger partial charge in [-0.05, 0) is 31.2 Å². The largest absolute Gasteiger partial charge is 0.466 e. The van der Waals surface area contributed by atoms with Gasteiger partial charge in [0, 0.05) is 5.56 Å². The molecule has 0 aliphatic heterocycles. The zero-order valence-electron chi connectivity index (χ0n) is 15.5. The van der Waals surface area contributed by atoms with Crippen molar-refractivity contribution in [2.45, 2.75) is 19.5 Å². The molecule has 7 nitrogen and oxygen atoms in total. The molecule has 0 saturated heterocycles. The molecule has 3 aromatic rings. The van der Waals surface area contributed by atoms with Crippen LogP contribution in [0, 0.1) is 0 Å². The Morgan fingerprint density at radius 1 is 1.17 bits per heavy atom. The molecule has 3 rings (SSSR count). The number of benzene rings is 1. The highest BCUT2D eigenvalue weighted by Crippen LogP contribution is 2.32.